The maximum Gasteiger partial charge on any atom is 0.220 e. The number of nitrogens with one attached hydrogen (secondary N) is 1. The zero-order valence-corrected chi connectivity index (χ0v) is 11.3. The van der Waals surface area contributed by atoms with E-state index < -0.39 is 5.60 Å². The lowest BCUT2D eigenvalue weighted by atomic mass is 9.80. The Labute approximate surface area is 105 Å². The fourth-order valence-corrected chi connectivity index (χ4v) is 2.26. The topological polar surface area (TPSA) is 49.3 Å². The first-order chi connectivity index (χ1) is 8.06. The van der Waals surface area contributed by atoms with Crippen molar-refractivity contribution in [3.63, 3.8) is 0 Å². The van der Waals surface area contributed by atoms with Gasteiger partial charge in [-0.1, -0.05) is 39.5 Å². The first kappa shape index (κ1) is 14.5. The SMILES string of the molecule is CCCCCC(C)CC(=O)NCC1(O)CCC1. The van der Waals surface area contributed by atoms with E-state index in [2.05, 4.69) is 19.2 Å². The largest absolute Gasteiger partial charge is 0.388 e. The summed E-state index contributed by atoms with van der Waals surface area (Å²) in [6, 6.07) is 0. The average Bonchev–Trinajstić information content (AvgIpc) is 2.24. The summed E-state index contributed by atoms with van der Waals surface area (Å²) < 4.78 is 0. The van der Waals surface area contributed by atoms with Crippen molar-refractivity contribution in [1.82, 2.24) is 5.32 Å². The molecule has 0 aromatic rings. The van der Waals surface area contributed by atoms with E-state index in [9.17, 15) is 9.90 Å². The molecule has 0 aromatic carbocycles. The number of hydrogen-bond donors (Lipinski definition) is 2. The molecule has 0 heterocycles. The van der Waals surface area contributed by atoms with Gasteiger partial charge in [0, 0.05) is 13.0 Å². The highest BCUT2D eigenvalue weighted by Gasteiger charge is 2.34. The molecule has 0 saturated heterocycles. The summed E-state index contributed by atoms with van der Waals surface area (Å²) in [4.78, 5) is 11.7. The van der Waals surface area contributed by atoms with E-state index in [0.717, 1.165) is 25.7 Å². The molecule has 0 spiro atoms. The predicted octanol–water partition coefficient (Wildman–Crippen LogP) is 2.62. The molecule has 0 aromatic heterocycles. The lowest BCUT2D eigenvalue weighted by molar-refractivity contribution is -0.124. The Balaban J connectivity index is 2.07. The second-order valence-electron chi connectivity index (χ2n) is 5.66. The Morgan fingerprint density at radius 1 is 1.41 bits per heavy atom. The van der Waals surface area contributed by atoms with Crippen LogP contribution in [0.15, 0.2) is 0 Å². The number of unbranched alkanes of at least 4 members (excludes halogenated alkanes) is 2. The van der Waals surface area contributed by atoms with E-state index in [1.807, 2.05) is 0 Å². The predicted molar refractivity (Wildman–Crippen MR) is 69.7 cm³/mol. The Bertz CT molecular complexity index is 236. The van der Waals surface area contributed by atoms with Gasteiger partial charge in [0.2, 0.25) is 5.91 Å². The third kappa shape index (κ3) is 5.53. The summed E-state index contributed by atoms with van der Waals surface area (Å²) >= 11 is 0. The molecule has 3 heteroatoms. The van der Waals surface area contributed by atoms with Crippen LogP contribution in [0.1, 0.15) is 65.2 Å². The molecular formula is C14H27NO2. The maximum atomic E-state index is 11.7. The van der Waals surface area contributed by atoms with Gasteiger partial charge in [0.15, 0.2) is 0 Å². The molecule has 1 rings (SSSR count). The highest BCUT2D eigenvalue weighted by molar-refractivity contribution is 5.76. The van der Waals surface area contributed by atoms with Crippen molar-refractivity contribution in [3.8, 4) is 0 Å². The van der Waals surface area contributed by atoms with E-state index in [1.165, 1.54) is 19.3 Å². The van der Waals surface area contributed by atoms with Gasteiger partial charge in [0.25, 0.3) is 0 Å². The van der Waals surface area contributed by atoms with Crippen LogP contribution in [0.5, 0.6) is 0 Å². The van der Waals surface area contributed by atoms with Crippen molar-refractivity contribution in [2.75, 3.05) is 6.54 Å². The number of amides is 1. The first-order valence-corrected chi connectivity index (χ1v) is 7.05. The van der Waals surface area contributed by atoms with E-state index >= 15 is 0 Å². The molecule has 1 saturated carbocycles. The van der Waals surface area contributed by atoms with Gasteiger partial charge in [0.05, 0.1) is 5.60 Å². The summed E-state index contributed by atoms with van der Waals surface area (Å²) in [7, 11) is 0. The fourth-order valence-electron chi connectivity index (χ4n) is 2.26. The molecule has 2 N–H and O–H groups in total. The smallest absolute Gasteiger partial charge is 0.220 e. The van der Waals surface area contributed by atoms with Crippen molar-refractivity contribution < 1.29 is 9.90 Å². The monoisotopic (exact) mass is 241 g/mol. The highest BCUT2D eigenvalue weighted by atomic mass is 16.3. The van der Waals surface area contributed by atoms with Gasteiger partial charge in [-0.05, 0) is 25.2 Å². The van der Waals surface area contributed by atoms with Crippen molar-refractivity contribution in [2.45, 2.75) is 70.8 Å². The first-order valence-electron chi connectivity index (χ1n) is 7.05. The zero-order valence-electron chi connectivity index (χ0n) is 11.3. The minimum atomic E-state index is -0.596. The quantitative estimate of drug-likeness (QED) is 0.642. The lowest BCUT2D eigenvalue weighted by Crippen LogP contribution is -2.47. The number of carbonyl (C=O) groups is 1. The van der Waals surface area contributed by atoms with Crippen LogP contribution < -0.4 is 5.32 Å². The molecule has 17 heavy (non-hydrogen) atoms. The molecule has 1 aliphatic rings. The van der Waals surface area contributed by atoms with Crippen LogP contribution in [0, 0.1) is 5.92 Å². The maximum absolute atomic E-state index is 11.7. The molecule has 0 aliphatic heterocycles. The van der Waals surface area contributed by atoms with Gasteiger partial charge in [-0.15, -0.1) is 0 Å². The van der Waals surface area contributed by atoms with Gasteiger partial charge in [-0.2, -0.15) is 0 Å². The van der Waals surface area contributed by atoms with Gasteiger partial charge in [-0.25, -0.2) is 0 Å². The molecule has 1 atom stereocenters. The van der Waals surface area contributed by atoms with Gasteiger partial charge < -0.3 is 10.4 Å². The van der Waals surface area contributed by atoms with E-state index in [0.29, 0.717) is 18.9 Å². The summed E-state index contributed by atoms with van der Waals surface area (Å²) in [5.74, 6) is 0.548. The summed E-state index contributed by atoms with van der Waals surface area (Å²) in [6.45, 7) is 4.76. The van der Waals surface area contributed by atoms with E-state index in [1.54, 1.807) is 0 Å². The third-order valence-electron chi connectivity index (χ3n) is 3.73. The molecule has 1 fully saturated rings. The van der Waals surface area contributed by atoms with Gasteiger partial charge in [0.1, 0.15) is 0 Å². The van der Waals surface area contributed by atoms with Crippen molar-refractivity contribution in [3.05, 3.63) is 0 Å². The Morgan fingerprint density at radius 3 is 2.65 bits per heavy atom. The molecule has 1 amide bonds. The fraction of sp³-hybridized carbons (Fsp3) is 0.929. The van der Waals surface area contributed by atoms with Crippen molar-refractivity contribution in [1.29, 1.82) is 0 Å². The minimum Gasteiger partial charge on any atom is -0.388 e. The van der Waals surface area contributed by atoms with Crippen molar-refractivity contribution >= 4 is 5.91 Å². The molecule has 0 radical (unpaired) electrons. The average molecular weight is 241 g/mol. The van der Waals surface area contributed by atoms with Crippen LogP contribution >= 0.6 is 0 Å². The van der Waals surface area contributed by atoms with Crippen LogP contribution in [0.4, 0.5) is 0 Å². The molecule has 3 nitrogen and oxygen atoms in total. The summed E-state index contributed by atoms with van der Waals surface area (Å²) in [6.07, 6.45) is 8.18. The molecule has 1 unspecified atom stereocenters. The van der Waals surface area contributed by atoms with Crippen LogP contribution in [0.3, 0.4) is 0 Å². The third-order valence-corrected chi connectivity index (χ3v) is 3.73. The van der Waals surface area contributed by atoms with Gasteiger partial charge >= 0.3 is 0 Å². The Hall–Kier alpha value is -0.570. The molecule has 0 bridgehead atoms. The Morgan fingerprint density at radius 2 is 2.12 bits per heavy atom. The normalized spacial score (nSPS) is 19.5. The molecule has 1 aliphatic carbocycles. The second kappa shape index (κ2) is 7.00. The molecular weight excluding hydrogens is 214 g/mol. The zero-order chi connectivity index (χ0) is 12.7. The van der Waals surface area contributed by atoms with Crippen LogP contribution in [0.2, 0.25) is 0 Å². The number of hydrogen-bond acceptors (Lipinski definition) is 2. The molecule has 100 valence electrons. The second-order valence-corrected chi connectivity index (χ2v) is 5.66. The van der Waals surface area contributed by atoms with Crippen molar-refractivity contribution in [2.24, 2.45) is 5.92 Å². The van der Waals surface area contributed by atoms with E-state index in [4.69, 9.17) is 0 Å². The lowest BCUT2D eigenvalue weighted by Gasteiger charge is -2.36. The van der Waals surface area contributed by atoms with E-state index in [-0.39, 0.29) is 5.91 Å². The highest BCUT2D eigenvalue weighted by Crippen LogP contribution is 2.30. The standard InChI is InChI=1S/C14H27NO2/c1-3-4-5-7-12(2)10-13(16)15-11-14(17)8-6-9-14/h12,17H,3-11H2,1-2H3,(H,15,16). The summed E-state index contributed by atoms with van der Waals surface area (Å²) in [5, 5.41) is 12.7. The minimum absolute atomic E-state index is 0.0920. The summed E-state index contributed by atoms with van der Waals surface area (Å²) in [5.41, 5.74) is -0.596. The number of aliphatic hydroxyl groups is 1. The van der Waals surface area contributed by atoms with Crippen LogP contribution in [0.25, 0.3) is 0 Å². The Kier molecular flexibility index (Phi) is 5.96. The number of carbonyl (C=O) groups excluding carboxylic acids is 1. The van der Waals surface area contributed by atoms with Crippen LogP contribution in [-0.2, 0) is 4.79 Å². The van der Waals surface area contributed by atoms with Gasteiger partial charge in [-0.3, -0.25) is 4.79 Å². The van der Waals surface area contributed by atoms with Crippen LogP contribution in [-0.4, -0.2) is 23.2 Å². The number of rotatable bonds is 8.